The number of amides is 1. The maximum Gasteiger partial charge on any atom is 0.338 e. The fourth-order valence-corrected chi connectivity index (χ4v) is 3.19. The number of esters is 1. The summed E-state index contributed by atoms with van der Waals surface area (Å²) in [6.45, 7) is 6.06. The molecule has 0 heterocycles. The molecular weight excluding hydrogens is 390 g/mol. The Morgan fingerprint density at radius 1 is 1.10 bits per heavy atom. The van der Waals surface area contributed by atoms with Crippen LogP contribution < -0.4 is 10.1 Å². The molecule has 0 fully saturated rings. The first-order chi connectivity index (χ1) is 14.0. The fourth-order valence-electron chi connectivity index (χ4n) is 2.93. The molecule has 1 N–H and O–H groups in total. The second kappa shape index (κ2) is 11.5. The number of carbonyl (C=O) groups excluding carboxylic acids is 2. The molecule has 1 unspecified atom stereocenters. The Labute approximate surface area is 177 Å². The monoisotopic (exact) mass is 417 g/mol. The number of hydrogen-bond donors (Lipinski definition) is 1. The summed E-state index contributed by atoms with van der Waals surface area (Å²) in [6, 6.07) is 12.2. The first-order valence-electron chi connectivity index (χ1n) is 10.0. The number of ether oxygens (including phenoxy) is 2. The molecule has 0 spiro atoms. The van der Waals surface area contributed by atoms with E-state index in [0.29, 0.717) is 17.2 Å². The number of halogens is 1. The Balaban J connectivity index is 2.38. The van der Waals surface area contributed by atoms with Gasteiger partial charge in [0.05, 0.1) is 22.9 Å². The van der Waals surface area contributed by atoms with Gasteiger partial charge in [0.15, 0.2) is 5.75 Å². The van der Waals surface area contributed by atoms with Crippen molar-refractivity contribution in [2.45, 2.75) is 46.5 Å². The number of benzene rings is 2. The van der Waals surface area contributed by atoms with E-state index < -0.39 is 5.97 Å². The lowest BCUT2D eigenvalue weighted by atomic mass is 9.98. The molecule has 0 aliphatic carbocycles. The standard InChI is InChI=1S/C23H28ClNO4/c1-4-7-11-16(5-2)22(26)25-20-15-17(23(27)28-6-3)14-19(24)21(20)29-18-12-9-8-10-13-18/h8-10,12-16H,4-7,11H2,1-3H3,(H,25,26). The topological polar surface area (TPSA) is 64.6 Å². The molecule has 29 heavy (non-hydrogen) atoms. The van der Waals surface area contributed by atoms with Gasteiger partial charge < -0.3 is 14.8 Å². The van der Waals surface area contributed by atoms with Crippen LogP contribution in [0.25, 0.3) is 0 Å². The fraction of sp³-hybridized carbons (Fsp3) is 0.391. The van der Waals surface area contributed by atoms with Crippen LogP contribution in [0.3, 0.4) is 0 Å². The van der Waals surface area contributed by atoms with Gasteiger partial charge in [-0.1, -0.05) is 56.5 Å². The molecule has 0 aliphatic rings. The average molecular weight is 418 g/mol. The molecule has 156 valence electrons. The van der Waals surface area contributed by atoms with Gasteiger partial charge in [0.1, 0.15) is 5.75 Å². The van der Waals surface area contributed by atoms with Gasteiger partial charge in [-0.3, -0.25) is 4.79 Å². The number of unbranched alkanes of at least 4 members (excludes halogenated alkanes) is 1. The molecule has 5 nitrogen and oxygen atoms in total. The lowest BCUT2D eigenvalue weighted by Crippen LogP contribution is -2.23. The van der Waals surface area contributed by atoms with Crippen LogP contribution in [0.5, 0.6) is 11.5 Å². The Kier molecular flexibility index (Phi) is 9.00. The van der Waals surface area contributed by atoms with Crippen LogP contribution in [0.1, 0.15) is 56.8 Å². The zero-order chi connectivity index (χ0) is 21.2. The second-order valence-corrected chi connectivity index (χ2v) is 7.11. The molecule has 2 rings (SSSR count). The minimum Gasteiger partial charge on any atom is -0.462 e. The third-order valence-corrected chi connectivity index (χ3v) is 4.83. The summed E-state index contributed by atoms with van der Waals surface area (Å²) in [5.41, 5.74) is 0.610. The SMILES string of the molecule is CCCCC(CC)C(=O)Nc1cc(C(=O)OCC)cc(Cl)c1Oc1ccccc1. The van der Waals surface area contributed by atoms with E-state index in [-0.39, 0.29) is 29.0 Å². The zero-order valence-corrected chi connectivity index (χ0v) is 17.9. The highest BCUT2D eigenvalue weighted by molar-refractivity contribution is 6.33. The summed E-state index contributed by atoms with van der Waals surface area (Å²) in [5.74, 6) is 0.131. The van der Waals surface area contributed by atoms with Gasteiger partial charge in [-0.15, -0.1) is 0 Å². The van der Waals surface area contributed by atoms with Crippen molar-refractivity contribution in [3.8, 4) is 11.5 Å². The van der Waals surface area contributed by atoms with Crippen molar-refractivity contribution in [2.75, 3.05) is 11.9 Å². The van der Waals surface area contributed by atoms with E-state index in [4.69, 9.17) is 21.1 Å². The molecule has 0 radical (unpaired) electrons. The molecule has 0 saturated heterocycles. The summed E-state index contributed by atoms with van der Waals surface area (Å²) in [4.78, 5) is 25.0. The number of nitrogens with one attached hydrogen (secondary N) is 1. The highest BCUT2D eigenvalue weighted by Crippen LogP contribution is 2.38. The predicted molar refractivity (Wildman–Crippen MR) is 116 cm³/mol. The normalized spacial score (nSPS) is 11.6. The van der Waals surface area contributed by atoms with Crippen molar-refractivity contribution in [3.63, 3.8) is 0 Å². The zero-order valence-electron chi connectivity index (χ0n) is 17.2. The molecule has 0 bridgehead atoms. The van der Waals surface area contributed by atoms with E-state index >= 15 is 0 Å². The van der Waals surface area contributed by atoms with Crippen LogP contribution in [0.2, 0.25) is 5.02 Å². The van der Waals surface area contributed by atoms with E-state index in [2.05, 4.69) is 12.2 Å². The predicted octanol–water partition coefficient (Wildman–Crippen LogP) is 6.46. The number of hydrogen-bond acceptors (Lipinski definition) is 4. The lowest BCUT2D eigenvalue weighted by molar-refractivity contribution is -0.120. The molecule has 0 saturated carbocycles. The minimum atomic E-state index is -0.505. The number of para-hydroxylation sites is 1. The van der Waals surface area contributed by atoms with Crippen LogP contribution in [-0.4, -0.2) is 18.5 Å². The number of carbonyl (C=O) groups is 2. The van der Waals surface area contributed by atoms with Gasteiger partial charge >= 0.3 is 5.97 Å². The number of anilines is 1. The molecule has 2 aromatic carbocycles. The molecular formula is C23H28ClNO4. The number of rotatable bonds is 10. The smallest absolute Gasteiger partial charge is 0.338 e. The molecule has 1 amide bonds. The van der Waals surface area contributed by atoms with Gasteiger partial charge in [-0.2, -0.15) is 0 Å². The average Bonchev–Trinajstić information content (AvgIpc) is 2.71. The maximum absolute atomic E-state index is 12.8. The van der Waals surface area contributed by atoms with Crippen molar-refractivity contribution >= 4 is 29.2 Å². The Hall–Kier alpha value is -2.53. The Morgan fingerprint density at radius 2 is 1.83 bits per heavy atom. The first kappa shape index (κ1) is 22.8. The quantitative estimate of drug-likeness (QED) is 0.450. The van der Waals surface area contributed by atoms with Crippen LogP contribution >= 0.6 is 11.6 Å². The van der Waals surface area contributed by atoms with Crippen LogP contribution in [-0.2, 0) is 9.53 Å². The summed E-state index contributed by atoms with van der Waals surface area (Å²) in [5, 5.41) is 3.13. The van der Waals surface area contributed by atoms with Gasteiger partial charge in [-0.05, 0) is 44.0 Å². The summed E-state index contributed by atoms with van der Waals surface area (Å²) >= 11 is 6.43. The van der Waals surface area contributed by atoms with Crippen molar-refractivity contribution < 1.29 is 19.1 Å². The van der Waals surface area contributed by atoms with Crippen LogP contribution in [0, 0.1) is 5.92 Å². The molecule has 0 aromatic heterocycles. The third-order valence-electron chi connectivity index (χ3n) is 4.55. The van der Waals surface area contributed by atoms with E-state index in [0.717, 1.165) is 25.7 Å². The van der Waals surface area contributed by atoms with Gasteiger partial charge in [0, 0.05) is 5.92 Å². The summed E-state index contributed by atoms with van der Waals surface area (Å²) in [6.07, 6.45) is 3.53. The Morgan fingerprint density at radius 3 is 2.45 bits per heavy atom. The highest BCUT2D eigenvalue weighted by atomic mass is 35.5. The second-order valence-electron chi connectivity index (χ2n) is 6.71. The molecule has 2 aromatic rings. The van der Waals surface area contributed by atoms with E-state index in [1.807, 2.05) is 25.1 Å². The molecule has 0 aliphatic heterocycles. The van der Waals surface area contributed by atoms with E-state index in [1.54, 1.807) is 25.1 Å². The third kappa shape index (κ3) is 6.50. The van der Waals surface area contributed by atoms with Crippen LogP contribution in [0.15, 0.2) is 42.5 Å². The first-order valence-corrected chi connectivity index (χ1v) is 10.4. The summed E-state index contributed by atoms with van der Waals surface area (Å²) in [7, 11) is 0. The molecule has 6 heteroatoms. The largest absolute Gasteiger partial charge is 0.462 e. The molecule has 1 atom stereocenters. The van der Waals surface area contributed by atoms with Gasteiger partial charge in [-0.25, -0.2) is 4.79 Å². The van der Waals surface area contributed by atoms with Crippen molar-refractivity contribution in [3.05, 3.63) is 53.1 Å². The van der Waals surface area contributed by atoms with Gasteiger partial charge in [0.25, 0.3) is 0 Å². The summed E-state index contributed by atoms with van der Waals surface area (Å²) < 4.78 is 11.0. The van der Waals surface area contributed by atoms with Crippen molar-refractivity contribution in [1.82, 2.24) is 0 Å². The van der Waals surface area contributed by atoms with E-state index in [1.165, 1.54) is 6.07 Å². The maximum atomic E-state index is 12.8. The van der Waals surface area contributed by atoms with Crippen molar-refractivity contribution in [1.29, 1.82) is 0 Å². The van der Waals surface area contributed by atoms with Gasteiger partial charge in [0.2, 0.25) is 5.91 Å². The lowest BCUT2D eigenvalue weighted by Gasteiger charge is -2.18. The van der Waals surface area contributed by atoms with Crippen LogP contribution in [0.4, 0.5) is 5.69 Å². The minimum absolute atomic E-state index is 0.115. The Bertz CT molecular complexity index is 823. The highest BCUT2D eigenvalue weighted by Gasteiger charge is 2.21. The van der Waals surface area contributed by atoms with E-state index in [9.17, 15) is 9.59 Å². The van der Waals surface area contributed by atoms with Crippen molar-refractivity contribution in [2.24, 2.45) is 5.92 Å².